The van der Waals surface area contributed by atoms with Gasteiger partial charge in [-0.2, -0.15) is 14.4 Å². The van der Waals surface area contributed by atoms with E-state index in [0.29, 0.717) is 0 Å². The van der Waals surface area contributed by atoms with Gasteiger partial charge in [0.1, 0.15) is 12.8 Å². The molecule has 3 heterocycles. The fourth-order valence-corrected chi connectivity index (χ4v) is 4.12. The Hall–Kier alpha value is -4.82. The number of halogens is 1. The summed E-state index contributed by atoms with van der Waals surface area (Å²) in [6, 6.07) is 13.3. The average Bonchev–Trinajstić information content (AvgIpc) is 3.48. The Kier molecular flexibility index (Phi) is 6.38. The lowest BCUT2D eigenvalue weighted by atomic mass is 9.98. The summed E-state index contributed by atoms with van der Waals surface area (Å²) in [5, 5.41) is 0. The van der Waals surface area contributed by atoms with Crippen molar-refractivity contribution in [2.24, 2.45) is 0 Å². The summed E-state index contributed by atoms with van der Waals surface area (Å²) >= 11 is 0. The van der Waals surface area contributed by atoms with Crippen LogP contribution in [0.1, 0.15) is 45.8 Å². The molecule has 1 saturated heterocycles. The first kappa shape index (κ1) is 24.5. The third-order valence-electron chi connectivity index (χ3n) is 6.33. The van der Waals surface area contributed by atoms with E-state index < -0.39 is 42.5 Å². The molecule has 0 spiro atoms. The zero-order valence-corrected chi connectivity index (χ0v) is 21.1. The number of hydrogen-bond donors (Lipinski definition) is 1. The van der Waals surface area contributed by atoms with Gasteiger partial charge in [-0.25, -0.2) is 14.6 Å². The average molecular weight is 531 g/mol. The molecule has 10 nitrogen and oxygen atoms in total. The normalized spacial score (nSPS) is 22.7. The van der Waals surface area contributed by atoms with E-state index in [9.17, 15) is 14.0 Å². The first-order chi connectivity index (χ1) is 19.0. The summed E-state index contributed by atoms with van der Waals surface area (Å²) in [5.41, 5.74) is 6.19. The monoisotopic (exact) mass is 530 g/mol. The number of nitrogens with two attached hydrogens (primary N) is 1. The topological polar surface area (TPSA) is 131 Å². The van der Waals surface area contributed by atoms with E-state index in [0.717, 1.165) is 15.7 Å². The molecule has 198 valence electrons. The van der Waals surface area contributed by atoms with E-state index >= 15 is 0 Å². The third-order valence-corrected chi connectivity index (χ3v) is 6.33. The Labute approximate surface area is 224 Å². The Bertz CT molecular complexity index is 1650. The fraction of sp³-hybridized carbons (Fsp3) is 0.250. The highest BCUT2D eigenvalue weighted by Gasteiger charge is 2.52. The molecule has 5 rings (SSSR count). The molecule has 11 heteroatoms. The number of benzene rings is 2. The molecule has 2 N–H and O–H groups in total. The Morgan fingerprint density at radius 3 is 2.38 bits per heavy atom. The zero-order chi connectivity index (χ0) is 28.7. The van der Waals surface area contributed by atoms with Crippen molar-refractivity contribution >= 4 is 28.9 Å². The SMILES string of the molecule is [2H][C@@]1(n2cnc3c(N)nc(F)nc32)C[C@H](OC(=O)c2ccc(C)cc2)[C@@](C#C)(COC(=O)c2ccc(C)cc2)O1. The van der Waals surface area contributed by atoms with Crippen LogP contribution in [0.3, 0.4) is 0 Å². The van der Waals surface area contributed by atoms with Crippen molar-refractivity contribution < 1.29 is 29.6 Å². The second-order valence-corrected chi connectivity index (χ2v) is 9.10. The summed E-state index contributed by atoms with van der Waals surface area (Å²) in [4.78, 5) is 37.1. The quantitative estimate of drug-likeness (QED) is 0.226. The van der Waals surface area contributed by atoms with Gasteiger partial charge in [-0.3, -0.25) is 4.57 Å². The maximum absolute atomic E-state index is 14.0. The molecule has 4 aromatic rings. The van der Waals surface area contributed by atoms with Crippen molar-refractivity contribution in [3.05, 3.63) is 83.2 Å². The third kappa shape index (κ3) is 5.02. The molecule has 0 amide bonds. The van der Waals surface area contributed by atoms with Crippen LogP contribution < -0.4 is 5.73 Å². The lowest BCUT2D eigenvalue weighted by Gasteiger charge is -2.28. The van der Waals surface area contributed by atoms with Crippen LogP contribution >= 0.6 is 0 Å². The highest BCUT2D eigenvalue weighted by atomic mass is 19.1. The van der Waals surface area contributed by atoms with Gasteiger partial charge >= 0.3 is 18.0 Å². The Morgan fingerprint density at radius 2 is 1.77 bits per heavy atom. The van der Waals surface area contributed by atoms with Crippen molar-refractivity contribution in [1.29, 1.82) is 0 Å². The number of fused-ring (bicyclic) bond motifs is 1. The predicted molar refractivity (Wildman–Crippen MR) is 138 cm³/mol. The molecule has 0 unspecified atom stereocenters. The Morgan fingerprint density at radius 1 is 1.15 bits per heavy atom. The number of carbonyl (C=O) groups excluding carboxylic acids is 2. The first-order valence-electron chi connectivity index (χ1n) is 12.4. The Balaban J connectivity index is 1.50. The molecule has 0 saturated carbocycles. The minimum absolute atomic E-state index is 0.0360. The fourth-order valence-electron chi connectivity index (χ4n) is 4.12. The lowest BCUT2D eigenvalue weighted by molar-refractivity contribution is -0.0967. The number of imidazole rings is 1. The molecule has 1 aliphatic rings. The van der Waals surface area contributed by atoms with E-state index in [2.05, 4.69) is 20.9 Å². The number of terminal acetylenes is 1. The van der Waals surface area contributed by atoms with Crippen LogP contribution in [0.5, 0.6) is 0 Å². The van der Waals surface area contributed by atoms with Crippen LogP contribution in [0, 0.1) is 32.3 Å². The largest absolute Gasteiger partial charge is 0.458 e. The number of anilines is 1. The van der Waals surface area contributed by atoms with Crippen LogP contribution in [0.25, 0.3) is 11.2 Å². The number of ether oxygens (including phenoxy) is 3. The predicted octanol–water partition coefficient (Wildman–Crippen LogP) is 3.54. The smallest absolute Gasteiger partial charge is 0.338 e. The molecule has 0 aliphatic carbocycles. The van der Waals surface area contributed by atoms with Gasteiger partial charge in [-0.05, 0) is 38.1 Å². The van der Waals surface area contributed by atoms with Crippen LogP contribution in [0.15, 0.2) is 54.9 Å². The number of aryl methyl sites for hydroxylation is 2. The number of nitrogen functional groups attached to an aromatic ring is 1. The summed E-state index contributed by atoms with van der Waals surface area (Å²) < 4.78 is 41.6. The van der Waals surface area contributed by atoms with Gasteiger partial charge in [0.05, 0.1) is 18.8 Å². The molecular weight excluding hydrogens is 505 g/mol. The van der Waals surface area contributed by atoms with Gasteiger partial charge in [0.2, 0.25) is 5.60 Å². The minimum Gasteiger partial charge on any atom is -0.458 e. The van der Waals surface area contributed by atoms with E-state index in [-0.39, 0.29) is 34.5 Å². The molecule has 1 fully saturated rings. The number of carbonyl (C=O) groups is 2. The maximum Gasteiger partial charge on any atom is 0.338 e. The van der Waals surface area contributed by atoms with E-state index in [1.165, 1.54) is 6.33 Å². The van der Waals surface area contributed by atoms with Crippen molar-refractivity contribution in [3.63, 3.8) is 0 Å². The summed E-state index contributed by atoms with van der Waals surface area (Å²) in [6.45, 7) is 3.19. The number of aromatic nitrogens is 4. The van der Waals surface area contributed by atoms with E-state index in [1.807, 2.05) is 13.8 Å². The van der Waals surface area contributed by atoms with E-state index in [1.54, 1.807) is 48.5 Å². The van der Waals surface area contributed by atoms with Gasteiger partial charge in [0, 0.05) is 6.42 Å². The summed E-state index contributed by atoms with van der Waals surface area (Å²) in [7, 11) is 0. The number of rotatable bonds is 6. The number of esters is 2. The van der Waals surface area contributed by atoms with Crippen molar-refractivity contribution in [2.45, 2.75) is 38.2 Å². The van der Waals surface area contributed by atoms with Crippen LogP contribution in [-0.2, 0) is 14.2 Å². The van der Waals surface area contributed by atoms with Gasteiger partial charge in [0.15, 0.2) is 23.1 Å². The molecule has 2 aromatic heterocycles. The molecule has 0 bridgehead atoms. The van der Waals surface area contributed by atoms with Gasteiger partial charge in [-0.15, -0.1) is 6.42 Å². The summed E-state index contributed by atoms with van der Waals surface area (Å²) in [5.74, 6) is 0.779. The molecule has 0 radical (unpaired) electrons. The molecule has 1 aliphatic heterocycles. The molecular formula is C28H24FN5O5. The van der Waals surface area contributed by atoms with Gasteiger partial charge in [-0.1, -0.05) is 41.3 Å². The van der Waals surface area contributed by atoms with Crippen LogP contribution in [0.2, 0.25) is 0 Å². The second kappa shape index (κ2) is 10.2. The molecule has 3 atom stereocenters. The molecule has 2 aromatic carbocycles. The lowest BCUT2D eigenvalue weighted by Crippen LogP contribution is -2.45. The van der Waals surface area contributed by atoms with E-state index in [4.69, 9.17) is 27.7 Å². The van der Waals surface area contributed by atoms with Crippen molar-refractivity contribution in [1.82, 2.24) is 19.5 Å². The van der Waals surface area contributed by atoms with Gasteiger partial charge in [0.25, 0.3) is 0 Å². The van der Waals surface area contributed by atoms with Crippen molar-refractivity contribution in [3.8, 4) is 12.3 Å². The standard InChI is InChI=1S/C28H24FN5O5/c1-4-28(14-37-25(35)18-9-5-16(2)6-10-18)20(38-26(36)19-11-7-17(3)8-12-19)13-21(39-28)34-15-31-22-23(30)32-27(29)33-24(22)34/h1,5-12,15,20-21H,13-14H2,2-3H3,(H2,30,32,33)/t20-,21-,28+/m0/s1/i21D. The highest BCUT2D eigenvalue weighted by Crippen LogP contribution is 2.40. The van der Waals surface area contributed by atoms with Crippen LogP contribution in [0.4, 0.5) is 10.2 Å². The second-order valence-electron chi connectivity index (χ2n) is 9.10. The zero-order valence-electron chi connectivity index (χ0n) is 22.1. The number of hydrogen-bond acceptors (Lipinski definition) is 9. The maximum atomic E-state index is 14.0. The number of nitrogens with zero attached hydrogens (tertiary/aromatic N) is 4. The van der Waals surface area contributed by atoms with Crippen LogP contribution in [-0.4, -0.2) is 49.8 Å². The van der Waals surface area contributed by atoms with Gasteiger partial charge < -0.3 is 19.9 Å². The van der Waals surface area contributed by atoms with Crippen molar-refractivity contribution in [2.75, 3.05) is 12.3 Å². The minimum atomic E-state index is -2.11. The first-order valence-corrected chi connectivity index (χ1v) is 11.9. The highest BCUT2D eigenvalue weighted by molar-refractivity contribution is 5.90. The summed E-state index contributed by atoms with van der Waals surface area (Å²) in [6.07, 6.45) is 2.23. The molecule has 39 heavy (non-hydrogen) atoms.